The number of amides is 1. The number of nitrogens with one attached hydrogen (secondary N) is 1. The zero-order chi connectivity index (χ0) is 16.1. The van der Waals surface area contributed by atoms with Crippen LogP contribution >= 0.6 is 11.6 Å². The van der Waals surface area contributed by atoms with E-state index < -0.39 is 5.97 Å². The molecule has 1 atom stereocenters. The molecule has 1 aromatic carbocycles. The summed E-state index contributed by atoms with van der Waals surface area (Å²) in [6.07, 6.45) is 0.532. The van der Waals surface area contributed by atoms with Gasteiger partial charge in [-0.15, -0.1) is 0 Å². The zero-order valence-corrected chi connectivity index (χ0v) is 12.8. The summed E-state index contributed by atoms with van der Waals surface area (Å²) in [6, 6.07) is 10.3. The molecule has 0 radical (unpaired) electrons. The lowest BCUT2D eigenvalue weighted by Gasteiger charge is -2.12. The van der Waals surface area contributed by atoms with E-state index >= 15 is 0 Å². The van der Waals surface area contributed by atoms with Gasteiger partial charge in [0.2, 0.25) is 11.7 Å². The Labute approximate surface area is 132 Å². The Morgan fingerprint density at radius 1 is 1.27 bits per heavy atom. The second kappa shape index (κ2) is 7.13. The molecule has 6 heteroatoms. The van der Waals surface area contributed by atoms with Gasteiger partial charge in [-0.2, -0.15) is 0 Å². The summed E-state index contributed by atoms with van der Waals surface area (Å²) in [5, 5.41) is 12.1. The van der Waals surface area contributed by atoms with Crippen molar-refractivity contribution in [2.45, 2.75) is 19.9 Å². The van der Waals surface area contributed by atoms with Crippen molar-refractivity contribution < 1.29 is 19.1 Å². The molecule has 22 heavy (non-hydrogen) atoms. The molecular weight excluding hydrogens is 306 g/mol. The molecule has 1 heterocycles. The average Bonchev–Trinajstić information content (AvgIpc) is 2.96. The highest BCUT2D eigenvalue weighted by Gasteiger charge is 2.16. The predicted octanol–water partition coefficient (Wildman–Crippen LogP) is 3.13. The maximum absolute atomic E-state index is 12.1. The molecule has 116 valence electrons. The smallest absolute Gasteiger partial charge is 0.371 e. The van der Waals surface area contributed by atoms with Crippen molar-refractivity contribution in [3.8, 4) is 0 Å². The highest BCUT2D eigenvalue weighted by Crippen LogP contribution is 2.19. The fourth-order valence-corrected chi connectivity index (χ4v) is 2.24. The summed E-state index contributed by atoms with van der Waals surface area (Å²) in [7, 11) is 0. The lowest BCUT2D eigenvalue weighted by atomic mass is 10.0. The number of aromatic carboxylic acids is 1. The fraction of sp³-hybridized carbons (Fsp3) is 0.250. The number of halogens is 1. The monoisotopic (exact) mass is 321 g/mol. The van der Waals surface area contributed by atoms with E-state index in [1.807, 2.05) is 25.1 Å². The quantitative estimate of drug-likeness (QED) is 0.856. The van der Waals surface area contributed by atoms with E-state index in [-0.39, 0.29) is 24.1 Å². The first-order valence-electron chi connectivity index (χ1n) is 6.80. The SMILES string of the molecule is CC(Cc1ccccc1Cl)C(=O)NCc1ccc(C(=O)O)o1. The minimum atomic E-state index is -1.13. The molecule has 1 aromatic heterocycles. The number of hydrogen-bond acceptors (Lipinski definition) is 3. The molecule has 0 aliphatic carbocycles. The fourth-order valence-electron chi connectivity index (χ4n) is 2.02. The van der Waals surface area contributed by atoms with E-state index in [0.29, 0.717) is 17.2 Å². The van der Waals surface area contributed by atoms with E-state index in [2.05, 4.69) is 5.32 Å². The van der Waals surface area contributed by atoms with Gasteiger partial charge in [0, 0.05) is 10.9 Å². The molecule has 0 aliphatic rings. The van der Waals surface area contributed by atoms with Gasteiger partial charge in [-0.25, -0.2) is 4.79 Å². The number of rotatable bonds is 6. The normalized spacial score (nSPS) is 11.9. The highest BCUT2D eigenvalue weighted by molar-refractivity contribution is 6.31. The molecule has 5 nitrogen and oxygen atoms in total. The van der Waals surface area contributed by atoms with Crippen LogP contribution in [-0.2, 0) is 17.8 Å². The lowest BCUT2D eigenvalue weighted by molar-refractivity contribution is -0.124. The van der Waals surface area contributed by atoms with Gasteiger partial charge in [-0.3, -0.25) is 4.79 Å². The predicted molar refractivity (Wildman–Crippen MR) is 81.8 cm³/mol. The van der Waals surface area contributed by atoms with Crippen LogP contribution in [-0.4, -0.2) is 17.0 Å². The number of carboxylic acid groups (broad SMARTS) is 1. The Hall–Kier alpha value is -2.27. The Balaban J connectivity index is 1.88. The first-order valence-corrected chi connectivity index (χ1v) is 7.18. The molecule has 1 unspecified atom stereocenters. The number of carboxylic acids is 1. The Morgan fingerprint density at radius 3 is 2.64 bits per heavy atom. The molecule has 1 amide bonds. The van der Waals surface area contributed by atoms with Gasteiger partial charge in [0.1, 0.15) is 5.76 Å². The summed E-state index contributed by atoms with van der Waals surface area (Å²) in [5.41, 5.74) is 0.915. The number of carbonyl (C=O) groups is 2. The summed E-state index contributed by atoms with van der Waals surface area (Å²) < 4.78 is 5.08. The van der Waals surface area contributed by atoms with Gasteiger partial charge < -0.3 is 14.8 Å². The molecule has 2 N–H and O–H groups in total. The van der Waals surface area contributed by atoms with E-state index in [9.17, 15) is 9.59 Å². The van der Waals surface area contributed by atoms with Crippen LogP contribution in [0, 0.1) is 5.92 Å². The van der Waals surface area contributed by atoms with E-state index in [0.717, 1.165) is 5.56 Å². The van der Waals surface area contributed by atoms with Crippen LogP contribution in [0.25, 0.3) is 0 Å². The second-order valence-electron chi connectivity index (χ2n) is 4.99. The topological polar surface area (TPSA) is 79.5 Å². The van der Waals surface area contributed by atoms with E-state index in [1.54, 1.807) is 6.07 Å². The average molecular weight is 322 g/mol. The molecule has 0 saturated heterocycles. The molecule has 0 spiro atoms. The summed E-state index contributed by atoms with van der Waals surface area (Å²) in [4.78, 5) is 22.8. The zero-order valence-electron chi connectivity index (χ0n) is 12.0. The van der Waals surface area contributed by atoms with Crippen molar-refractivity contribution in [1.82, 2.24) is 5.32 Å². The highest BCUT2D eigenvalue weighted by atomic mass is 35.5. The third kappa shape index (κ3) is 4.11. The lowest BCUT2D eigenvalue weighted by Crippen LogP contribution is -2.29. The summed E-state index contributed by atoms with van der Waals surface area (Å²) in [5.74, 6) is -1.28. The number of carbonyl (C=O) groups excluding carboxylic acids is 1. The Kier molecular flexibility index (Phi) is 5.22. The summed E-state index contributed by atoms with van der Waals surface area (Å²) in [6.45, 7) is 1.96. The Bertz CT molecular complexity index is 680. The van der Waals surface area contributed by atoms with Gasteiger partial charge in [-0.1, -0.05) is 36.7 Å². The maximum atomic E-state index is 12.1. The second-order valence-corrected chi connectivity index (χ2v) is 5.39. The molecule has 0 bridgehead atoms. The van der Waals surface area contributed by atoms with Gasteiger partial charge in [-0.05, 0) is 30.2 Å². The third-order valence-corrected chi connectivity index (χ3v) is 3.61. The van der Waals surface area contributed by atoms with Crippen LogP contribution in [0.3, 0.4) is 0 Å². The molecule has 0 fully saturated rings. The standard InChI is InChI=1S/C16H16ClNO4/c1-10(8-11-4-2-3-5-13(11)17)15(19)18-9-12-6-7-14(22-12)16(20)21/h2-7,10H,8-9H2,1H3,(H,18,19)(H,20,21). The van der Waals surface area contributed by atoms with Crippen molar-refractivity contribution in [2.24, 2.45) is 5.92 Å². The third-order valence-electron chi connectivity index (χ3n) is 3.24. The molecule has 2 rings (SSSR count). The van der Waals surface area contributed by atoms with Gasteiger partial charge >= 0.3 is 5.97 Å². The van der Waals surface area contributed by atoms with Crippen LogP contribution < -0.4 is 5.32 Å². The van der Waals surface area contributed by atoms with Crippen molar-refractivity contribution in [3.63, 3.8) is 0 Å². The van der Waals surface area contributed by atoms with Gasteiger partial charge in [0.15, 0.2) is 0 Å². The minimum Gasteiger partial charge on any atom is -0.475 e. The molecule has 0 aliphatic heterocycles. The van der Waals surface area contributed by atoms with E-state index in [4.69, 9.17) is 21.1 Å². The largest absolute Gasteiger partial charge is 0.475 e. The van der Waals surface area contributed by atoms with Crippen molar-refractivity contribution in [1.29, 1.82) is 0 Å². The maximum Gasteiger partial charge on any atom is 0.371 e. The van der Waals surface area contributed by atoms with Crippen LogP contribution in [0.4, 0.5) is 0 Å². The number of benzene rings is 1. The van der Waals surface area contributed by atoms with Crippen molar-refractivity contribution in [3.05, 3.63) is 58.5 Å². The first-order chi connectivity index (χ1) is 10.5. The minimum absolute atomic E-state index is 0.145. The van der Waals surface area contributed by atoms with Crippen LogP contribution in [0.2, 0.25) is 5.02 Å². The first kappa shape index (κ1) is 16.1. The number of hydrogen-bond donors (Lipinski definition) is 2. The van der Waals surface area contributed by atoms with E-state index in [1.165, 1.54) is 12.1 Å². The molecule has 2 aromatic rings. The van der Waals surface area contributed by atoms with Gasteiger partial charge in [0.05, 0.1) is 6.54 Å². The van der Waals surface area contributed by atoms with Crippen molar-refractivity contribution >= 4 is 23.5 Å². The molecular formula is C16H16ClNO4. The van der Waals surface area contributed by atoms with Crippen molar-refractivity contribution in [2.75, 3.05) is 0 Å². The van der Waals surface area contributed by atoms with Crippen LogP contribution in [0.1, 0.15) is 28.8 Å². The Morgan fingerprint density at radius 2 is 2.00 bits per heavy atom. The molecule has 0 saturated carbocycles. The summed E-state index contributed by atoms with van der Waals surface area (Å²) >= 11 is 6.08. The van der Waals surface area contributed by atoms with Crippen LogP contribution in [0.5, 0.6) is 0 Å². The van der Waals surface area contributed by atoms with Gasteiger partial charge in [0.25, 0.3) is 0 Å². The van der Waals surface area contributed by atoms with Crippen LogP contribution in [0.15, 0.2) is 40.8 Å². The number of furan rings is 1.